The van der Waals surface area contributed by atoms with Crippen LogP contribution >= 0.6 is 11.6 Å². The van der Waals surface area contributed by atoms with Gasteiger partial charge in [0.2, 0.25) is 0 Å². The predicted octanol–water partition coefficient (Wildman–Crippen LogP) is 1.08. The number of halogens is 1. The monoisotopic (exact) mass is 428 g/mol. The molecule has 0 spiro atoms. The number of aliphatic imine (C=N–C) groups is 1. The van der Waals surface area contributed by atoms with Gasteiger partial charge in [-0.2, -0.15) is 0 Å². The van der Waals surface area contributed by atoms with Crippen molar-refractivity contribution < 1.29 is 0 Å². The van der Waals surface area contributed by atoms with Crippen molar-refractivity contribution in [3.63, 3.8) is 0 Å². The molecule has 0 bridgehead atoms. The van der Waals surface area contributed by atoms with Gasteiger partial charge in [-0.15, -0.1) is 0 Å². The van der Waals surface area contributed by atoms with Gasteiger partial charge in [-0.3, -0.25) is 10.2 Å². The summed E-state index contributed by atoms with van der Waals surface area (Å²) in [6, 6.07) is 14.4. The van der Waals surface area contributed by atoms with Crippen LogP contribution in [0, 0.1) is 0 Å². The molecule has 1 fully saturated rings. The highest BCUT2D eigenvalue weighted by molar-refractivity contribution is 6.30. The lowest BCUT2D eigenvalue weighted by atomic mass is 9.95. The molecule has 0 radical (unpaired) electrons. The van der Waals surface area contributed by atoms with E-state index in [4.69, 9.17) is 28.8 Å². The molecular weight excluding hydrogens is 400 g/mol. The van der Waals surface area contributed by atoms with Crippen LogP contribution in [-0.4, -0.2) is 56.4 Å². The molecule has 2 aliphatic rings. The molecule has 9 heteroatoms. The average Bonchev–Trinajstić information content (AvgIpc) is 2.74. The molecule has 2 atom stereocenters. The fraction of sp³-hybridized carbons (Fsp3) is 0.381. The summed E-state index contributed by atoms with van der Waals surface area (Å²) in [5, 5.41) is 7.44. The van der Waals surface area contributed by atoms with Crippen molar-refractivity contribution in [3.8, 4) is 0 Å². The third-order valence-corrected chi connectivity index (χ3v) is 5.86. The van der Waals surface area contributed by atoms with Crippen molar-refractivity contribution in [1.82, 2.24) is 10.2 Å². The van der Waals surface area contributed by atoms with Crippen LogP contribution in [0.2, 0.25) is 5.02 Å². The maximum absolute atomic E-state index is 6.27. The normalized spacial score (nSPS) is 21.6. The van der Waals surface area contributed by atoms with E-state index in [0.717, 1.165) is 49.5 Å². The molecule has 8 N–H and O–H groups in total. The van der Waals surface area contributed by atoms with Gasteiger partial charge in [-0.1, -0.05) is 23.7 Å². The van der Waals surface area contributed by atoms with Gasteiger partial charge in [0.05, 0.1) is 6.04 Å². The molecule has 0 aromatic heterocycles. The first-order chi connectivity index (χ1) is 14.5. The molecule has 0 amide bonds. The summed E-state index contributed by atoms with van der Waals surface area (Å²) in [6.45, 7) is 5.78. The number of guanidine groups is 1. The van der Waals surface area contributed by atoms with Crippen molar-refractivity contribution in [3.05, 3.63) is 58.6 Å². The van der Waals surface area contributed by atoms with E-state index in [1.165, 1.54) is 5.69 Å². The molecule has 160 valence electrons. The van der Waals surface area contributed by atoms with E-state index in [9.17, 15) is 0 Å². The van der Waals surface area contributed by atoms with Gasteiger partial charge in [-0.25, -0.2) is 4.99 Å². The maximum atomic E-state index is 6.27. The zero-order chi connectivity index (χ0) is 21.1. The average molecular weight is 429 g/mol. The lowest BCUT2D eigenvalue weighted by Gasteiger charge is -2.36. The molecule has 0 aliphatic carbocycles. The van der Waals surface area contributed by atoms with E-state index in [1.54, 1.807) is 0 Å². The minimum Gasteiger partial charge on any atom is -0.370 e. The summed E-state index contributed by atoms with van der Waals surface area (Å²) in [6.07, 6.45) is -0.413. The molecular formula is C21H29ClN8. The third kappa shape index (κ3) is 4.62. The van der Waals surface area contributed by atoms with Gasteiger partial charge < -0.3 is 27.4 Å². The van der Waals surface area contributed by atoms with Crippen LogP contribution in [0.4, 0.5) is 11.4 Å². The number of rotatable bonds is 5. The third-order valence-electron chi connectivity index (χ3n) is 5.63. The summed E-state index contributed by atoms with van der Waals surface area (Å²) in [5.41, 5.74) is 21.2. The Kier molecular flexibility index (Phi) is 6.29. The highest BCUT2D eigenvalue weighted by Crippen LogP contribution is 2.35. The van der Waals surface area contributed by atoms with E-state index < -0.39 is 6.29 Å². The highest BCUT2D eigenvalue weighted by atomic mass is 35.5. The van der Waals surface area contributed by atoms with Crippen molar-refractivity contribution in [2.75, 3.05) is 49.5 Å². The van der Waals surface area contributed by atoms with Crippen LogP contribution in [0.1, 0.15) is 17.2 Å². The number of fused-ring (bicyclic) bond motifs is 1. The number of benzene rings is 2. The minimum atomic E-state index is -0.413. The Morgan fingerprint density at radius 1 is 1.07 bits per heavy atom. The molecule has 4 rings (SSSR count). The Balaban J connectivity index is 1.54. The molecule has 8 nitrogen and oxygen atoms in total. The smallest absolute Gasteiger partial charge is 0.189 e. The summed E-state index contributed by atoms with van der Waals surface area (Å²) >= 11 is 6.27. The molecule has 0 saturated carbocycles. The predicted molar refractivity (Wildman–Crippen MR) is 124 cm³/mol. The highest BCUT2D eigenvalue weighted by Gasteiger charge is 2.27. The summed E-state index contributed by atoms with van der Waals surface area (Å²) in [7, 11) is 0. The summed E-state index contributed by atoms with van der Waals surface area (Å²) < 4.78 is 0. The lowest BCUT2D eigenvalue weighted by molar-refractivity contribution is 0.265. The van der Waals surface area contributed by atoms with E-state index in [2.05, 4.69) is 49.7 Å². The fourth-order valence-electron chi connectivity index (χ4n) is 4.12. The molecule has 1 saturated heterocycles. The van der Waals surface area contributed by atoms with Crippen molar-refractivity contribution in [2.45, 2.75) is 12.3 Å². The van der Waals surface area contributed by atoms with Crippen molar-refractivity contribution in [1.29, 1.82) is 0 Å². The number of nitrogens with one attached hydrogen (secondary N) is 2. The largest absolute Gasteiger partial charge is 0.370 e. The quantitative estimate of drug-likeness (QED) is 0.357. The number of hydrogen-bond donors (Lipinski definition) is 5. The number of piperazine rings is 1. The number of hydrogen-bond acceptors (Lipinski definition) is 6. The second kappa shape index (κ2) is 9.09. The zero-order valence-corrected chi connectivity index (χ0v) is 17.6. The fourth-order valence-corrected chi connectivity index (χ4v) is 4.31. The minimum absolute atomic E-state index is 0.0280. The number of nitrogens with zero attached hydrogens (tertiary/aromatic N) is 3. The van der Waals surface area contributed by atoms with Crippen LogP contribution in [-0.2, 0) is 0 Å². The van der Waals surface area contributed by atoms with Gasteiger partial charge in [0, 0.05) is 55.7 Å². The summed E-state index contributed by atoms with van der Waals surface area (Å²) in [5.74, 6) is 0.0280. The number of anilines is 2. The molecule has 2 unspecified atom stereocenters. The van der Waals surface area contributed by atoms with Gasteiger partial charge in [0.15, 0.2) is 12.2 Å². The van der Waals surface area contributed by atoms with Gasteiger partial charge in [0.25, 0.3) is 0 Å². The SMILES string of the molecule is NCCN1CCN(c2ccc(C3NC(N=C(N)N)Nc4ccc(Cl)cc43)cc2)CC1. The molecule has 2 aliphatic heterocycles. The van der Waals surface area contributed by atoms with Crippen LogP contribution in [0.15, 0.2) is 47.5 Å². The van der Waals surface area contributed by atoms with Gasteiger partial charge in [0.1, 0.15) is 0 Å². The van der Waals surface area contributed by atoms with Crippen LogP contribution in [0.3, 0.4) is 0 Å². The Morgan fingerprint density at radius 2 is 1.80 bits per heavy atom. The van der Waals surface area contributed by atoms with Crippen molar-refractivity contribution >= 4 is 28.9 Å². The maximum Gasteiger partial charge on any atom is 0.189 e. The second-order valence-corrected chi connectivity index (χ2v) is 8.08. The Bertz CT molecular complexity index is 888. The standard InChI is InChI=1S/C21H29ClN8/c22-15-3-6-18-17(13-15)19(27-21(26-18)28-20(24)25)14-1-4-16(5-2-14)30-11-9-29(8-7-23)10-12-30/h1-6,13,19,21,26-27H,7-12,23H2,(H4,24,25,28). The zero-order valence-electron chi connectivity index (χ0n) is 16.9. The lowest BCUT2D eigenvalue weighted by Crippen LogP contribution is -2.47. The van der Waals surface area contributed by atoms with Crippen LogP contribution in [0.25, 0.3) is 0 Å². The number of nitrogens with two attached hydrogens (primary N) is 3. The Hall–Kier alpha value is -2.52. The van der Waals surface area contributed by atoms with Gasteiger partial charge >= 0.3 is 0 Å². The van der Waals surface area contributed by atoms with Gasteiger partial charge in [-0.05, 0) is 41.5 Å². The first-order valence-electron chi connectivity index (χ1n) is 10.2. The molecule has 2 aromatic carbocycles. The van der Waals surface area contributed by atoms with E-state index >= 15 is 0 Å². The topological polar surface area (TPSA) is 121 Å². The Labute approximate surface area is 182 Å². The molecule has 2 aromatic rings. The first-order valence-corrected chi connectivity index (χ1v) is 10.6. The molecule has 2 heterocycles. The van der Waals surface area contributed by atoms with E-state index in [1.807, 2.05) is 18.2 Å². The summed E-state index contributed by atoms with van der Waals surface area (Å²) in [4.78, 5) is 9.07. The van der Waals surface area contributed by atoms with Crippen LogP contribution < -0.4 is 32.7 Å². The molecule has 30 heavy (non-hydrogen) atoms. The van der Waals surface area contributed by atoms with Crippen LogP contribution in [0.5, 0.6) is 0 Å². The van der Waals surface area contributed by atoms with Crippen molar-refractivity contribution in [2.24, 2.45) is 22.2 Å². The second-order valence-electron chi connectivity index (χ2n) is 7.64. The first kappa shape index (κ1) is 20.7. The van der Waals surface area contributed by atoms with E-state index in [-0.39, 0.29) is 12.0 Å². The van der Waals surface area contributed by atoms with E-state index in [0.29, 0.717) is 11.6 Å². The Morgan fingerprint density at radius 3 is 2.47 bits per heavy atom.